The van der Waals surface area contributed by atoms with E-state index in [1.54, 1.807) is 6.07 Å². The molecule has 0 aliphatic heterocycles. The van der Waals surface area contributed by atoms with Crippen LogP contribution in [0.2, 0.25) is 0 Å². The van der Waals surface area contributed by atoms with E-state index in [1.165, 1.54) is 65.3 Å². The van der Waals surface area contributed by atoms with Crippen molar-refractivity contribution in [1.82, 2.24) is 39.5 Å². The van der Waals surface area contributed by atoms with E-state index in [0.717, 1.165) is 33.4 Å². The van der Waals surface area contributed by atoms with Gasteiger partial charge in [-0.3, -0.25) is 19.6 Å². The average Bonchev–Trinajstić information content (AvgIpc) is 3.84. The van der Waals surface area contributed by atoms with Crippen LogP contribution < -0.4 is 16.9 Å². The minimum absolute atomic E-state index is 0.194. The van der Waals surface area contributed by atoms with Crippen LogP contribution in [0.15, 0.2) is 90.5 Å². The Morgan fingerprint density at radius 2 is 1.16 bits per heavy atom. The van der Waals surface area contributed by atoms with Gasteiger partial charge >= 0.3 is 7.12 Å². The normalized spacial score (nSPS) is 10.9. The molecule has 0 fully saturated rings. The molecule has 2 amide bonds. The zero-order valence-corrected chi connectivity index (χ0v) is 32.1. The fourth-order valence-corrected chi connectivity index (χ4v) is 5.23. The Labute approximate surface area is 330 Å². The Morgan fingerprint density at radius 1 is 0.696 bits per heavy atom. The Morgan fingerprint density at radius 3 is 1.61 bits per heavy atom. The lowest BCUT2D eigenvalue weighted by atomic mass is 9.81. The highest BCUT2D eigenvalue weighted by Gasteiger charge is 2.13. The number of benzene rings is 2. The summed E-state index contributed by atoms with van der Waals surface area (Å²) in [5, 5.41) is 26.0. The summed E-state index contributed by atoms with van der Waals surface area (Å²) in [6.07, 6.45) is 11.5. The van der Waals surface area contributed by atoms with Crippen molar-refractivity contribution in [2.24, 2.45) is 11.5 Å². The molecule has 18 heteroatoms. The van der Waals surface area contributed by atoms with Crippen molar-refractivity contribution in [1.29, 1.82) is 0 Å². The van der Waals surface area contributed by atoms with Gasteiger partial charge in [0.05, 0.1) is 24.9 Å². The molecule has 6 aromatic rings. The standard InChI is InChI=1S/C19H16N6O.C13H13BrN4O.C6H5BN2O2/c1-12-4-13(2)6-14(5-12)19-23-11-25(24-19)10-17(18(20)26)15-7-16(21-3)9-22-8-15;1-8-3-9(2)5-10(4-8)13-16-7-18(17-13)6-11(14)12(15)19;1-8-6-2-5(7(10)11)3-9-4-6/h4-11H,1-2H3,(H2,20,26);3-7H,1-2H3,(H2,15,19);2-4,10-11H/b17-10+;11-6-;. The third kappa shape index (κ3) is 12.0. The Balaban J connectivity index is 0.000000203. The Hall–Kier alpha value is -7.12. The molecule has 0 saturated carbocycles. The van der Waals surface area contributed by atoms with E-state index in [4.69, 9.17) is 34.7 Å². The van der Waals surface area contributed by atoms with Crippen molar-refractivity contribution < 1.29 is 19.6 Å². The van der Waals surface area contributed by atoms with Crippen LogP contribution in [-0.4, -0.2) is 68.5 Å². The van der Waals surface area contributed by atoms with Gasteiger partial charge in [-0.15, -0.1) is 10.2 Å². The molecule has 0 aliphatic rings. The quantitative estimate of drug-likeness (QED) is 0.0954. The van der Waals surface area contributed by atoms with Crippen LogP contribution in [0, 0.1) is 40.8 Å². The zero-order valence-electron chi connectivity index (χ0n) is 30.5. The molecule has 0 unspecified atom stereocenters. The van der Waals surface area contributed by atoms with E-state index in [1.807, 2.05) is 52.0 Å². The Kier molecular flexibility index (Phi) is 14.3. The van der Waals surface area contributed by atoms with Gasteiger partial charge in [0.25, 0.3) is 11.8 Å². The fraction of sp³-hybridized carbons (Fsp3) is 0.105. The van der Waals surface area contributed by atoms with E-state index in [0.29, 0.717) is 28.6 Å². The first-order chi connectivity index (χ1) is 26.6. The molecule has 0 aliphatic carbocycles. The van der Waals surface area contributed by atoms with Crippen LogP contribution in [0.1, 0.15) is 27.8 Å². The first kappa shape index (κ1) is 41.6. The SMILES string of the molecule is Cc1cc(C)cc(-c2ncn(/C=C(\Br)C(N)=O)n2)c1.[C-]#[N+]c1cncc(/C(=C\n2cnc(-c3cc(C)cc(C)c3)n2)C(N)=O)c1.[C-]#[N+]c1cncc(B(O)O)c1. The molecule has 0 atom stereocenters. The molecule has 6 N–H and O–H groups in total. The van der Waals surface area contributed by atoms with Gasteiger partial charge in [-0.25, -0.2) is 29.0 Å². The maximum atomic E-state index is 11.9. The number of nitrogens with zero attached hydrogens (tertiary/aromatic N) is 10. The van der Waals surface area contributed by atoms with Crippen molar-refractivity contribution in [2.45, 2.75) is 27.7 Å². The van der Waals surface area contributed by atoms with E-state index < -0.39 is 18.9 Å². The van der Waals surface area contributed by atoms with Crippen molar-refractivity contribution in [3.05, 3.63) is 141 Å². The largest absolute Gasteiger partial charge is 0.488 e. The van der Waals surface area contributed by atoms with Crippen LogP contribution in [0.4, 0.5) is 11.4 Å². The van der Waals surface area contributed by atoms with Gasteiger partial charge in [0.1, 0.15) is 17.1 Å². The summed E-state index contributed by atoms with van der Waals surface area (Å²) < 4.78 is 3.11. The number of hydrogen-bond acceptors (Lipinski definition) is 10. The molecule has 56 heavy (non-hydrogen) atoms. The van der Waals surface area contributed by atoms with E-state index >= 15 is 0 Å². The number of pyridine rings is 2. The maximum Gasteiger partial charge on any atom is 0.488 e. The number of nitrogens with two attached hydrogens (primary N) is 2. The Bertz CT molecular complexity index is 2490. The average molecular weight is 813 g/mol. The third-order valence-corrected chi connectivity index (χ3v) is 7.92. The van der Waals surface area contributed by atoms with Gasteiger partial charge < -0.3 is 21.5 Å². The minimum atomic E-state index is -1.55. The van der Waals surface area contributed by atoms with Crippen LogP contribution in [0.25, 0.3) is 50.4 Å². The highest BCUT2D eigenvalue weighted by Crippen LogP contribution is 2.22. The number of carbonyl (C=O) groups is 2. The fourth-order valence-electron chi connectivity index (χ4n) is 5.02. The van der Waals surface area contributed by atoms with Gasteiger partial charge in [0, 0.05) is 42.1 Å². The first-order valence-corrected chi connectivity index (χ1v) is 17.1. The lowest BCUT2D eigenvalue weighted by Gasteiger charge is -2.04. The minimum Gasteiger partial charge on any atom is -0.423 e. The number of primary amides is 2. The molecular weight excluding hydrogens is 779 g/mol. The van der Waals surface area contributed by atoms with E-state index in [-0.39, 0.29) is 15.5 Å². The molecule has 4 aromatic heterocycles. The number of rotatable bonds is 8. The van der Waals surface area contributed by atoms with Gasteiger partial charge in [0.2, 0.25) is 11.4 Å². The maximum absolute atomic E-state index is 11.9. The van der Waals surface area contributed by atoms with Gasteiger partial charge in [-0.1, -0.05) is 40.5 Å². The topological polar surface area (TPSA) is 223 Å². The van der Waals surface area contributed by atoms with Crippen molar-refractivity contribution in [2.75, 3.05) is 0 Å². The molecule has 4 heterocycles. The summed E-state index contributed by atoms with van der Waals surface area (Å²) in [7, 11) is -1.55. The lowest BCUT2D eigenvalue weighted by Crippen LogP contribution is -2.29. The predicted molar refractivity (Wildman–Crippen MR) is 216 cm³/mol. The molecule has 0 bridgehead atoms. The van der Waals surface area contributed by atoms with Gasteiger partial charge in [0.15, 0.2) is 11.6 Å². The molecule has 16 nitrogen and oxygen atoms in total. The molecule has 0 spiro atoms. The third-order valence-electron chi connectivity index (χ3n) is 7.32. The summed E-state index contributed by atoms with van der Waals surface area (Å²) in [5.41, 5.74) is 18.5. The van der Waals surface area contributed by atoms with Crippen LogP contribution >= 0.6 is 15.9 Å². The van der Waals surface area contributed by atoms with Crippen LogP contribution in [0.5, 0.6) is 0 Å². The number of hydrogen-bond donors (Lipinski definition) is 4. The second-order valence-electron chi connectivity index (χ2n) is 12.1. The summed E-state index contributed by atoms with van der Waals surface area (Å²) in [6, 6.07) is 15.1. The highest BCUT2D eigenvalue weighted by atomic mass is 79.9. The smallest absolute Gasteiger partial charge is 0.423 e. The lowest BCUT2D eigenvalue weighted by molar-refractivity contribution is -0.114. The van der Waals surface area contributed by atoms with Gasteiger partial charge in [-0.2, -0.15) is 0 Å². The molecule has 2 aromatic carbocycles. The second kappa shape index (κ2) is 19.3. The van der Waals surface area contributed by atoms with Crippen molar-refractivity contribution in [3.63, 3.8) is 0 Å². The molecule has 280 valence electrons. The summed E-state index contributed by atoms with van der Waals surface area (Å²) >= 11 is 3.07. The summed E-state index contributed by atoms with van der Waals surface area (Å²) in [6.45, 7) is 21.7. The number of halogens is 1. The number of carbonyl (C=O) groups excluding carboxylic acids is 2. The highest BCUT2D eigenvalue weighted by molar-refractivity contribution is 9.12. The second-order valence-corrected chi connectivity index (χ2v) is 13.0. The van der Waals surface area contributed by atoms with Crippen molar-refractivity contribution in [3.8, 4) is 22.8 Å². The summed E-state index contributed by atoms with van der Waals surface area (Å²) in [4.78, 5) is 45.3. The van der Waals surface area contributed by atoms with Crippen molar-refractivity contribution >= 4 is 69.7 Å². The van der Waals surface area contributed by atoms with E-state index in [9.17, 15) is 9.59 Å². The number of amides is 2. The monoisotopic (exact) mass is 812 g/mol. The molecule has 0 radical (unpaired) electrons. The zero-order chi connectivity index (χ0) is 40.9. The first-order valence-electron chi connectivity index (χ1n) is 16.4. The number of aromatic nitrogens is 8. The van der Waals surface area contributed by atoms with Crippen LogP contribution in [0.3, 0.4) is 0 Å². The molecular formula is C38H34BBrN12O4. The summed E-state index contributed by atoms with van der Waals surface area (Å²) in [5.74, 6) is -0.0430. The number of aryl methyl sites for hydroxylation is 4. The molecule has 6 rings (SSSR count). The van der Waals surface area contributed by atoms with Crippen LogP contribution in [-0.2, 0) is 9.59 Å². The van der Waals surface area contributed by atoms with E-state index in [2.05, 4.69) is 67.9 Å². The van der Waals surface area contributed by atoms with Gasteiger partial charge in [-0.05, 0) is 85.0 Å². The molecule has 0 saturated heterocycles. The predicted octanol–water partition coefficient (Wildman–Crippen LogP) is 4.54.